The van der Waals surface area contributed by atoms with Crippen molar-refractivity contribution in [2.45, 2.75) is 45.3 Å². The van der Waals surface area contributed by atoms with Crippen molar-refractivity contribution in [3.05, 3.63) is 22.8 Å². The fraction of sp³-hybridized carbons (Fsp3) is 0.562. The Kier molecular flexibility index (Phi) is 5.54. The van der Waals surface area contributed by atoms with Gasteiger partial charge in [-0.1, -0.05) is 11.6 Å². The Bertz CT molecular complexity index is 622. The number of halogens is 1. The minimum atomic E-state index is -1.04. The number of amides is 1. The number of aromatic nitrogens is 1. The van der Waals surface area contributed by atoms with Gasteiger partial charge in [-0.15, -0.1) is 0 Å². The number of piperidine rings is 1. The summed E-state index contributed by atoms with van der Waals surface area (Å²) in [7, 11) is 0. The van der Waals surface area contributed by atoms with E-state index < -0.39 is 17.7 Å². The van der Waals surface area contributed by atoms with Crippen LogP contribution < -0.4 is 10.2 Å². The van der Waals surface area contributed by atoms with Crippen LogP contribution in [0.3, 0.4) is 0 Å². The number of aromatic carboxylic acids is 1. The summed E-state index contributed by atoms with van der Waals surface area (Å²) >= 11 is 5.90. The molecule has 0 aliphatic carbocycles. The van der Waals surface area contributed by atoms with E-state index in [1.807, 2.05) is 25.7 Å². The molecule has 0 saturated carbocycles. The third kappa shape index (κ3) is 5.26. The number of nitrogens with zero attached hydrogens (tertiary/aromatic N) is 2. The van der Waals surface area contributed by atoms with Crippen molar-refractivity contribution < 1.29 is 19.4 Å². The van der Waals surface area contributed by atoms with Gasteiger partial charge in [0.15, 0.2) is 0 Å². The van der Waals surface area contributed by atoms with E-state index in [-0.39, 0.29) is 16.8 Å². The fourth-order valence-electron chi connectivity index (χ4n) is 2.50. The Morgan fingerprint density at radius 1 is 1.33 bits per heavy atom. The van der Waals surface area contributed by atoms with Crippen LogP contribution in [-0.2, 0) is 4.74 Å². The number of carbonyl (C=O) groups excluding carboxylic acids is 1. The minimum Gasteiger partial charge on any atom is -0.478 e. The highest BCUT2D eigenvalue weighted by Crippen LogP contribution is 2.22. The molecule has 7 nitrogen and oxygen atoms in total. The number of anilines is 1. The van der Waals surface area contributed by atoms with Gasteiger partial charge in [-0.3, -0.25) is 0 Å². The molecule has 1 aromatic heterocycles. The highest BCUT2D eigenvalue weighted by Gasteiger charge is 2.24. The SMILES string of the molecule is CC(C)(C)OC(=O)NC1CCN(c2cc(C(=O)O)cc(Cl)n2)CC1. The Morgan fingerprint density at radius 2 is 1.96 bits per heavy atom. The van der Waals surface area contributed by atoms with Gasteiger partial charge in [0.05, 0.1) is 5.56 Å². The molecule has 1 aliphatic heterocycles. The maximum absolute atomic E-state index is 11.8. The molecule has 2 rings (SSSR count). The van der Waals surface area contributed by atoms with Gasteiger partial charge in [0.25, 0.3) is 0 Å². The van der Waals surface area contributed by atoms with Crippen molar-refractivity contribution in [2.75, 3.05) is 18.0 Å². The highest BCUT2D eigenvalue weighted by molar-refractivity contribution is 6.29. The van der Waals surface area contributed by atoms with Gasteiger partial charge in [-0.2, -0.15) is 0 Å². The summed E-state index contributed by atoms with van der Waals surface area (Å²) in [6, 6.07) is 2.86. The molecule has 24 heavy (non-hydrogen) atoms. The molecule has 1 aliphatic rings. The van der Waals surface area contributed by atoms with Crippen molar-refractivity contribution in [3.63, 3.8) is 0 Å². The predicted octanol–water partition coefficient (Wildman–Crippen LogP) is 2.93. The average molecular weight is 356 g/mol. The van der Waals surface area contributed by atoms with E-state index in [0.717, 1.165) is 12.8 Å². The lowest BCUT2D eigenvalue weighted by Crippen LogP contribution is -2.46. The van der Waals surface area contributed by atoms with Crippen molar-refractivity contribution in [1.29, 1.82) is 0 Å². The second-order valence-corrected chi connectivity index (χ2v) is 7.14. The van der Waals surface area contributed by atoms with E-state index in [1.54, 1.807) is 0 Å². The molecule has 132 valence electrons. The van der Waals surface area contributed by atoms with E-state index >= 15 is 0 Å². The lowest BCUT2D eigenvalue weighted by Gasteiger charge is -2.33. The number of nitrogens with one attached hydrogen (secondary N) is 1. The van der Waals surface area contributed by atoms with Crippen molar-refractivity contribution in [2.24, 2.45) is 0 Å². The molecule has 0 unspecified atom stereocenters. The number of hydrogen-bond donors (Lipinski definition) is 2. The smallest absolute Gasteiger partial charge is 0.407 e. The summed E-state index contributed by atoms with van der Waals surface area (Å²) in [5.41, 5.74) is -0.415. The van der Waals surface area contributed by atoms with Crippen LogP contribution in [0.2, 0.25) is 5.15 Å². The van der Waals surface area contributed by atoms with Crippen molar-refractivity contribution >= 4 is 29.5 Å². The van der Waals surface area contributed by atoms with Crippen LogP contribution in [0.25, 0.3) is 0 Å². The van der Waals surface area contributed by atoms with E-state index in [9.17, 15) is 9.59 Å². The molecule has 1 amide bonds. The Hall–Kier alpha value is -2.02. The topological polar surface area (TPSA) is 91.8 Å². The number of carboxylic acid groups (broad SMARTS) is 1. The van der Waals surface area contributed by atoms with Crippen LogP contribution >= 0.6 is 11.6 Å². The summed E-state index contributed by atoms with van der Waals surface area (Å²) < 4.78 is 5.25. The van der Waals surface area contributed by atoms with Gasteiger partial charge >= 0.3 is 12.1 Å². The molecule has 2 N–H and O–H groups in total. The Balaban J connectivity index is 1.93. The predicted molar refractivity (Wildman–Crippen MR) is 90.8 cm³/mol. The normalized spacial score (nSPS) is 15.9. The van der Waals surface area contributed by atoms with E-state index in [4.69, 9.17) is 21.4 Å². The van der Waals surface area contributed by atoms with Crippen molar-refractivity contribution in [3.8, 4) is 0 Å². The van der Waals surface area contributed by atoms with Gasteiger partial charge in [0.1, 0.15) is 16.6 Å². The zero-order chi connectivity index (χ0) is 17.9. The highest BCUT2D eigenvalue weighted by atomic mass is 35.5. The second kappa shape index (κ2) is 7.25. The number of rotatable bonds is 3. The summed E-state index contributed by atoms with van der Waals surface area (Å²) in [5, 5.41) is 12.1. The molecule has 0 radical (unpaired) electrons. The van der Waals surface area contributed by atoms with Crippen LogP contribution in [0, 0.1) is 0 Å². The Morgan fingerprint density at radius 3 is 2.50 bits per heavy atom. The first-order valence-corrected chi connectivity index (χ1v) is 8.17. The molecular weight excluding hydrogens is 334 g/mol. The van der Waals surface area contributed by atoms with Crippen LogP contribution in [-0.4, -0.2) is 46.9 Å². The zero-order valence-electron chi connectivity index (χ0n) is 14.0. The molecule has 1 fully saturated rings. The second-order valence-electron chi connectivity index (χ2n) is 6.75. The number of pyridine rings is 1. The number of ether oxygens (including phenoxy) is 1. The van der Waals surface area contributed by atoms with Gasteiger partial charge in [-0.25, -0.2) is 14.6 Å². The standard InChI is InChI=1S/C16H22ClN3O4/c1-16(2,3)24-15(23)18-11-4-6-20(7-5-11)13-9-10(14(21)22)8-12(17)19-13/h8-9,11H,4-7H2,1-3H3,(H,18,23)(H,21,22). The summed E-state index contributed by atoms with van der Waals surface area (Å²) in [4.78, 5) is 29.1. The molecule has 0 atom stereocenters. The van der Waals surface area contributed by atoms with Crippen LogP contribution in [0.5, 0.6) is 0 Å². The van der Waals surface area contributed by atoms with Crippen LogP contribution in [0.4, 0.5) is 10.6 Å². The maximum atomic E-state index is 11.8. The number of hydrogen-bond acceptors (Lipinski definition) is 5. The summed E-state index contributed by atoms with van der Waals surface area (Å²) in [6.07, 6.45) is 1.01. The number of alkyl carbamates (subject to hydrolysis) is 1. The van der Waals surface area contributed by atoms with E-state index in [1.165, 1.54) is 12.1 Å². The molecule has 0 bridgehead atoms. The van der Waals surface area contributed by atoms with Gasteiger partial charge in [-0.05, 0) is 45.7 Å². The fourth-order valence-corrected chi connectivity index (χ4v) is 2.70. The number of carbonyl (C=O) groups is 2. The third-order valence-electron chi connectivity index (χ3n) is 3.57. The summed E-state index contributed by atoms with van der Waals surface area (Å²) in [6.45, 7) is 6.75. The van der Waals surface area contributed by atoms with Gasteiger partial charge in [0, 0.05) is 19.1 Å². The van der Waals surface area contributed by atoms with Gasteiger partial charge < -0.3 is 20.1 Å². The first-order chi connectivity index (χ1) is 11.1. The molecule has 8 heteroatoms. The third-order valence-corrected chi connectivity index (χ3v) is 3.76. The van der Waals surface area contributed by atoms with Crippen molar-refractivity contribution in [1.82, 2.24) is 10.3 Å². The molecule has 2 heterocycles. The molecule has 1 aromatic rings. The maximum Gasteiger partial charge on any atom is 0.407 e. The van der Waals surface area contributed by atoms with E-state index in [2.05, 4.69) is 10.3 Å². The first-order valence-electron chi connectivity index (χ1n) is 7.79. The lowest BCUT2D eigenvalue weighted by molar-refractivity contribution is 0.0496. The first kappa shape index (κ1) is 18.3. The number of carboxylic acids is 1. The largest absolute Gasteiger partial charge is 0.478 e. The molecule has 1 saturated heterocycles. The van der Waals surface area contributed by atoms with Crippen LogP contribution in [0.15, 0.2) is 12.1 Å². The minimum absolute atomic E-state index is 0.0224. The average Bonchev–Trinajstić information content (AvgIpc) is 2.45. The molecular formula is C16H22ClN3O4. The molecule has 0 spiro atoms. The summed E-state index contributed by atoms with van der Waals surface area (Å²) in [5.74, 6) is -0.502. The molecule has 0 aromatic carbocycles. The Labute approximate surface area is 146 Å². The monoisotopic (exact) mass is 355 g/mol. The van der Waals surface area contributed by atoms with E-state index in [0.29, 0.717) is 18.9 Å². The van der Waals surface area contributed by atoms with Gasteiger partial charge in [0.2, 0.25) is 0 Å². The quantitative estimate of drug-likeness (QED) is 0.810. The van der Waals surface area contributed by atoms with Crippen LogP contribution in [0.1, 0.15) is 44.0 Å². The zero-order valence-corrected chi connectivity index (χ0v) is 14.8. The lowest BCUT2D eigenvalue weighted by atomic mass is 10.1.